The maximum atomic E-state index is 8.48. The summed E-state index contributed by atoms with van der Waals surface area (Å²) in [6, 6.07) is 0. The molecule has 0 unspecified atom stereocenters. The number of rotatable bonds is 0. The van der Waals surface area contributed by atoms with E-state index in [9.17, 15) is 0 Å². The molecule has 0 heterocycles. The van der Waals surface area contributed by atoms with E-state index in [1.807, 2.05) is 0 Å². The van der Waals surface area contributed by atoms with Crippen molar-refractivity contribution in [2.45, 2.75) is 0 Å². The molecule has 0 aromatic carbocycles. The summed E-state index contributed by atoms with van der Waals surface area (Å²) in [6.07, 6.45) is 0. The number of halogens is 1. The Morgan fingerprint density at radius 3 is 1.00 bits per heavy atom. The molecule has 0 bridgehead atoms. The van der Waals surface area contributed by atoms with Crippen LogP contribution in [0.3, 0.4) is 0 Å². The Morgan fingerprint density at radius 2 is 1.00 bits per heavy atom. The monoisotopic (exact) mass is 178 g/mol. The molecule has 0 fully saturated rings. The molecular weight excluding hydrogens is 180 g/mol. The predicted octanol–water partition coefficient (Wildman–Crippen LogP) is -5.70. The van der Waals surface area contributed by atoms with Gasteiger partial charge in [0.15, 0.2) is 0 Å². The molecule has 0 radical (unpaired) electrons. The third-order valence-corrected chi connectivity index (χ3v) is 0. The summed E-state index contributed by atoms with van der Waals surface area (Å²) < 4.78 is 0. The van der Waals surface area contributed by atoms with Gasteiger partial charge in [-0.2, -0.15) is 0 Å². The topological polar surface area (TPSA) is 69.2 Å². The smallest absolute Gasteiger partial charge is 1.00 e. The second-order valence-corrected chi connectivity index (χ2v) is 0.671. The molecule has 3 nitrogen and oxygen atoms in total. The van der Waals surface area contributed by atoms with Gasteiger partial charge in [-0.05, 0) is 0 Å². The number of hydrogen-bond acceptors (Lipinski definition) is 3. The second-order valence-electron chi connectivity index (χ2n) is 0.224. The van der Waals surface area contributed by atoms with E-state index in [4.69, 9.17) is 14.7 Å². The predicted molar refractivity (Wildman–Crippen MR) is 6.92 cm³/mol. The van der Waals surface area contributed by atoms with Crippen molar-refractivity contribution in [3.8, 4) is 0 Å². The maximum Gasteiger partial charge on any atom is 2.00 e. The van der Waals surface area contributed by atoms with Crippen LogP contribution in [0.4, 0.5) is 0 Å². The molecule has 34 valence electrons. The van der Waals surface area contributed by atoms with Crippen LogP contribution in [0.25, 0.3) is 0 Å². The Bertz CT molecular complexity index is 15.5. The minimum absolute atomic E-state index is 0. The van der Waals surface area contributed by atoms with Gasteiger partial charge < -0.3 is 35.7 Å². The van der Waals surface area contributed by atoms with E-state index < -0.39 is 8.60 Å². The first-order chi connectivity index (χ1) is 1.73. The van der Waals surface area contributed by atoms with Crippen molar-refractivity contribution in [1.82, 2.24) is 0 Å². The standard InChI is InChI=1S/ClH.O3P.Zn/c;1-4(2)3;/h1H;;/q;-3;+2/p-1. The van der Waals surface area contributed by atoms with Gasteiger partial charge in [0.25, 0.3) is 0 Å². The van der Waals surface area contributed by atoms with Gasteiger partial charge in [0.1, 0.15) is 0 Å². The van der Waals surface area contributed by atoms with Gasteiger partial charge in [0.2, 0.25) is 0 Å². The summed E-state index contributed by atoms with van der Waals surface area (Å²) in [5.74, 6) is 0. The Kier molecular flexibility index (Phi) is 24.9. The fourth-order valence-electron chi connectivity index (χ4n) is 0. The molecular formula is ClO3PZn-2. The van der Waals surface area contributed by atoms with Crippen LogP contribution in [0.5, 0.6) is 0 Å². The molecule has 0 aliphatic rings. The maximum absolute atomic E-state index is 8.48. The van der Waals surface area contributed by atoms with Gasteiger partial charge in [-0.3, -0.25) is 0 Å². The Hall–Kier alpha value is 1.22. The first-order valence-electron chi connectivity index (χ1n) is 0.548. The van der Waals surface area contributed by atoms with E-state index in [2.05, 4.69) is 0 Å². The molecule has 0 N–H and O–H groups in total. The SMILES string of the molecule is [Cl-].[O-]P([O-])[O-].[Zn+2]. The Labute approximate surface area is 55.6 Å². The minimum atomic E-state index is -3.37. The third-order valence-electron chi connectivity index (χ3n) is 0. The molecule has 0 saturated heterocycles. The van der Waals surface area contributed by atoms with Crippen molar-refractivity contribution >= 4 is 8.60 Å². The molecule has 0 saturated carbocycles. The van der Waals surface area contributed by atoms with Crippen LogP contribution in [0.2, 0.25) is 0 Å². The number of hydrogen-bond donors (Lipinski definition) is 0. The van der Waals surface area contributed by atoms with Gasteiger partial charge in [0.05, 0.1) is 0 Å². The summed E-state index contributed by atoms with van der Waals surface area (Å²) in [5.41, 5.74) is 0. The van der Waals surface area contributed by atoms with Crippen LogP contribution in [-0.2, 0) is 19.5 Å². The van der Waals surface area contributed by atoms with Crippen LogP contribution < -0.4 is 27.1 Å². The van der Waals surface area contributed by atoms with Gasteiger partial charge in [-0.1, -0.05) is 0 Å². The van der Waals surface area contributed by atoms with Gasteiger partial charge in [-0.25, -0.2) is 0 Å². The quantitative estimate of drug-likeness (QED) is 0.275. The normalized spacial score (nSPS) is 6.00. The molecule has 6 heteroatoms. The molecule has 0 aliphatic heterocycles. The molecule has 0 aliphatic carbocycles. The molecule has 0 aromatic rings. The average molecular weight is 180 g/mol. The summed E-state index contributed by atoms with van der Waals surface area (Å²) in [4.78, 5) is 25.4. The van der Waals surface area contributed by atoms with E-state index >= 15 is 0 Å². The van der Waals surface area contributed by atoms with Crippen molar-refractivity contribution in [3.63, 3.8) is 0 Å². The van der Waals surface area contributed by atoms with Crippen LogP contribution in [-0.4, -0.2) is 0 Å². The molecule has 0 atom stereocenters. The summed E-state index contributed by atoms with van der Waals surface area (Å²) in [5, 5.41) is 0. The molecule has 0 rings (SSSR count). The second kappa shape index (κ2) is 9.52. The average Bonchev–Trinajstić information content (AvgIpc) is 0.811. The molecule has 6 heavy (non-hydrogen) atoms. The van der Waals surface area contributed by atoms with Crippen molar-refractivity contribution in [2.24, 2.45) is 0 Å². The van der Waals surface area contributed by atoms with Crippen LogP contribution >= 0.6 is 8.60 Å². The molecule has 0 spiro atoms. The van der Waals surface area contributed by atoms with E-state index in [1.165, 1.54) is 0 Å². The third kappa shape index (κ3) is 62.3. The van der Waals surface area contributed by atoms with Crippen molar-refractivity contribution < 1.29 is 46.6 Å². The fourth-order valence-corrected chi connectivity index (χ4v) is 0. The zero-order chi connectivity index (χ0) is 3.58. The Balaban J connectivity index is -0.0000000450. The Morgan fingerprint density at radius 1 is 1.00 bits per heavy atom. The van der Waals surface area contributed by atoms with Crippen molar-refractivity contribution in [1.29, 1.82) is 0 Å². The van der Waals surface area contributed by atoms with Crippen LogP contribution in [0.15, 0.2) is 0 Å². The minimum Gasteiger partial charge on any atom is -1.00 e. The zero-order valence-corrected chi connectivity index (χ0v) is 7.37. The van der Waals surface area contributed by atoms with E-state index in [0.29, 0.717) is 0 Å². The van der Waals surface area contributed by atoms with Crippen molar-refractivity contribution in [3.05, 3.63) is 0 Å². The van der Waals surface area contributed by atoms with Crippen LogP contribution in [0.1, 0.15) is 0 Å². The first-order valence-corrected chi connectivity index (χ1v) is 1.64. The van der Waals surface area contributed by atoms with Gasteiger partial charge in [0, 0.05) is 0 Å². The van der Waals surface area contributed by atoms with Crippen LogP contribution in [0, 0.1) is 0 Å². The summed E-state index contributed by atoms with van der Waals surface area (Å²) >= 11 is 0. The first kappa shape index (κ1) is 15.7. The van der Waals surface area contributed by atoms with Gasteiger partial charge >= 0.3 is 19.5 Å². The summed E-state index contributed by atoms with van der Waals surface area (Å²) in [6.45, 7) is 0. The summed E-state index contributed by atoms with van der Waals surface area (Å²) in [7, 11) is -3.37. The van der Waals surface area contributed by atoms with Gasteiger partial charge in [-0.15, -0.1) is 0 Å². The van der Waals surface area contributed by atoms with E-state index in [0.717, 1.165) is 0 Å². The fraction of sp³-hybridized carbons (Fsp3) is 0. The van der Waals surface area contributed by atoms with E-state index in [-0.39, 0.29) is 31.9 Å². The van der Waals surface area contributed by atoms with Crippen molar-refractivity contribution in [2.75, 3.05) is 0 Å². The molecule has 0 amide bonds. The molecule has 0 aromatic heterocycles. The zero-order valence-electron chi connectivity index (χ0n) is 2.76. The van der Waals surface area contributed by atoms with E-state index in [1.54, 1.807) is 0 Å². The largest absolute Gasteiger partial charge is 2.00 e.